The molecule has 2 heterocycles. The fourth-order valence-corrected chi connectivity index (χ4v) is 5.31. The standard InChI is InChI=1S/C17H17N3O3S/c1-9-2-7-12-13(8-9)24-17-14(12)16(21)18-15(19-17)10-3-5-11(6-4-10)20(22)23/h3-6,9,14,17H,2,7-8H2,1H3,(H,18,19,21)/p+1/t9-,14-,17+/m0/s1. The van der Waals surface area contributed by atoms with Crippen LogP contribution in [0.1, 0.15) is 31.7 Å². The lowest BCUT2D eigenvalue weighted by Gasteiger charge is -2.22. The number of non-ortho nitro benzene ring substituents is 1. The number of fused-ring (bicyclic) bond motifs is 2. The molecule has 2 aliphatic heterocycles. The lowest BCUT2D eigenvalue weighted by Crippen LogP contribution is -2.86. The summed E-state index contributed by atoms with van der Waals surface area (Å²) in [5, 5.41) is 13.7. The summed E-state index contributed by atoms with van der Waals surface area (Å²) in [5.74, 6) is 1.24. The molecule has 1 amide bonds. The molecular weight excluding hydrogens is 326 g/mol. The quantitative estimate of drug-likeness (QED) is 0.626. The van der Waals surface area contributed by atoms with Gasteiger partial charge in [0.1, 0.15) is 5.92 Å². The van der Waals surface area contributed by atoms with E-state index in [-0.39, 0.29) is 22.9 Å². The van der Waals surface area contributed by atoms with E-state index in [1.807, 2.05) is 0 Å². The fourth-order valence-electron chi connectivity index (χ4n) is 3.64. The molecule has 7 heteroatoms. The van der Waals surface area contributed by atoms with E-state index in [1.54, 1.807) is 23.9 Å². The van der Waals surface area contributed by atoms with Crippen LogP contribution in [0.15, 0.2) is 34.7 Å². The number of amidine groups is 1. The van der Waals surface area contributed by atoms with Crippen LogP contribution in [0.4, 0.5) is 5.69 Å². The summed E-state index contributed by atoms with van der Waals surface area (Å²) < 4.78 is 0. The minimum Gasteiger partial charge on any atom is -0.260 e. The number of amides is 1. The highest BCUT2D eigenvalue weighted by Gasteiger charge is 2.48. The predicted molar refractivity (Wildman–Crippen MR) is 91.2 cm³/mol. The number of thioether (sulfide) groups is 1. The van der Waals surface area contributed by atoms with Crippen LogP contribution in [0.3, 0.4) is 0 Å². The number of hydrogen-bond donors (Lipinski definition) is 2. The average Bonchev–Trinajstić information content (AvgIpc) is 2.92. The molecule has 1 aromatic carbocycles. The molecule has 0 fully saturated rings. The van der Waals surface area contributed by atoms with Crippen molar-refractivity contribution in [2.45, 2.75) is 31.6 Å². The molecule has 2 N–H and O–H groups in total. The molecular formula is C17H18N3O3S+. The van der Waals surface area contributed by atoms with Gasteiger partial charge in [-0.3, -0.25) is 15.1 Å². The van der Waals surface area contributed by atoms with E-state index in [0.717, 1.165) is 24.8 Å². The summed E-state index contributed by atoms with van der Waals surface area (Å²) in [4.78, 5) is 27.8. The molecule has 0 spiro atoms. The first kappa shape index (κ1) is 15.4. The van der Waals surface area contributed by atoms with Gasteiger partial charge in [-0.25, -0.2) is 10.1 Å². The molecule has 0 saturated carbocycles. The van der Waals surface area contributed by atoms with Crippen molar-refractivity contribution < 1.29 is 14.7 Å². The van der Waals surface area contributed by atoms with Gasteiger partial charge in [-0.2, -0.15) is 0 Å². The van der Waals surface area contributed by atoms with Gasteiger partial charge in [0.05, 0.1) is 10.5 Å². The molecule has 0 saturated heterocycles. The highest BCUT2D eigenvalue weighted by Crippen LogP contribution is 2.48. The molecule has 1 aromatic rings. The summed E-state index contributed by atoms with van der Waals surface area (Å²) in [7, 11) is 0. The molecule has 0 unspecified atom stereocenters. The Morgan fingerprint density at radius 1 is 1.33 bits per heavy atom. The SMILES string of the molecule is C[C@H]1CCC2=C(C1)S[C@H]1[NH+]=C(c3ccc([N+](=O)[O-])cc3)NC(=O)[C@H]21. The Hall–Kier alpha value is -2.15. The average molecular weight is 344 g/mol. The lowest BCUT2D eigenvalue weighted by molar-refractivity contribution is -0.482. The number of rotatable bonds is 2. The minimum absolute atomic E-state index is 0.0270. The normalized spacial score (nSPS) is 28.8. The molecule has 3 aliphatic rings. The summed E-state index contributed by atoms with van der Waals surface area (Å²) in [6.07, 6.45) is 3.22. The van der Waals surface area contributed by atoms with Crippen LogP contribution in [-0.4, -0.2) is 22.0 Å². The molecule has 24 heavy (non-hydrogen) atoms. The van der Waals surface area contributed by atoms with Crippen LogP contribution in [0.5, 0.6) is 0 Å². The van der Waals surface area contributed by atoms with Gasteiger partial charge in [0.25, 0.3) is 11.5 Å². The van der Waals surface area contributed by atoms with E-state index in [9.17, 15) is 14.9 Å². The van der Waals surface area contributed by atoms with Gasteiger partial charge in [-0.05, 0) is 47.8 Å². The zero-order valence-corrected chi connectivity index (χ0v) is 14.1. The topological polar surface area (TPSA) is 86.2 Å². The Kier molecular flexibility index (Phi) is 3.68. The lowest BCUT2D eigenvalue weighted by atomic mass is 9.84. The molecule has 1 aliphatic carbocycles. The second-order valence-electron chi connectivity index (χ2n) is 6.63. The van der Waals surface area contributed by atoms with E-state index < -0.39 is 4.92 Å². The highest BCUT2D eigenvalue weighted by molar-refractivity contribution is 8.03. The Balaban J connectivity index is 1.62. The van der Waals surface area contributed by atoms with Gasteiger partial charge in [0, 0.05) is 12.1 Å². The summed E-state index contributed by atoms with van der Waals surface area (Å²) in [6.45, 7) is 2.26. The zero-order chi connectivity index (χ0) is 16.8. The number of nitro groups is 1. The van der Waals surface area contributed by atoms with Crippen LogP contribution in [-0.2, 0) is 4.79 Å². The molecule has 4 rings (SSSR count). The van der Waals surface area contributed by atoms with Crippen molar-refractivity contribution in [3.63, 3.8) is 0 Å². The second kappa shape index (κ2) is 5.73. The molecule has 0 aromatic heterocycles. The summed E-state index contributed by atoms with van der Waals surface area (Å²) in [6, 6.07) is 6.23. The number of hydrogen-bond acceptors (Lipinski definition) is 4. The number of nitrogens with one attached hydrogen (secondary N) is 2. The van der Waals surface area contributed by atoms with Gasteiger partial charge in [0.15, 0.2) is 5.37 Å². The van der Waals surface area contributed by atoms with Crippen molar-refractivity contribution in [2.75, 3.05) is 0 Å². The Bertz CT molecular complexity index is 785. The maximum atomic E-state index is 12.6. The fraction of sp³-hybridized carbons (Fsp3) is 0.412. The van der Waals surface area contributed by atoms with Crippen molar-refractivity contribution >= 4 is 29.2 Å². The number of nitro benzene ring substituents is 1. The third-order valence-electron chi connectivity index (χ3n) is 4.93. The Labute approximate surface area is 143 Å². The van der Waals surface area contributed by atoms with Crippen molar-refractivity contribution in [3.05, 3.63) is 50.4 Å². The van der Waals surface area contributed by atoms with Gasteiger partial charge < -0.3 is 0 Å². The second-order valence-corrected chi connectivity index (χ2v) is 7.86. The van der Waals surface area contributed by atoms with E-state index in [2.05, 4.69) is 17.2 Å². The number of allylic oxidation sites excluding steroid dienone is 1. The Morgan fingerprint density at radius 3 is 2.79 bits per heavy atom. The number of nitrogens with zero attached hydrogens (tertiary/aromatic N) is 1. The number of carbonyl (C=O) groups excluding carboxylic acids is 1. The molecule has 3 atom stereocenters. The highest BCUT2D eigenvalue weighted by atomic mass is 32.2. The van der Waals surface area contributed by atoms with E-state index >= 15 is 0 Å². The zero-order valence-electron chi connectivity index (χ0n) is 13.2. The van der Waals surface area contributed by atoms with Crippen LogP contribution >= 0.6 is 11.8 Å². The van der Waals surface area contributed by atoms with Gasteiger partial charge >= 0.3 is 5.91 Å². The smallest absolute Gasteiger partial charge is 0.260 e. The van der Waals surface area contributed by atoms with Crippen LogP contribution < -0.4 is 10.3 Å². The van der Waals surface area contributed by atoms with E-state index in [4.69, 9.17) is 0 Å². The van der Waals surface area contributed by atoms with Crippen molar-refractivity contribution in [2.24, 2.45) is 11.8 Å². The largest absolute Gasteiger partial charge is 0.319 e. The third kappa shape index (κ3) is 2.53. The Morgan fingerprint density at radius 2 is 2.08 bits per heavy atom. The van der Waals surface area contributed by atoms with Crippen LogP contribution in [0, 0.1) is 22.0 Å². The first-order valence-corrected chi connectivity index (χ1v) is 8.98. The van der Waals surface area contributed by atoms with Gasteiger partial charge in [0.2, 0.25) is 0 Å². The first-order chi connectivity index (χ1) is 11.5. The van der Waals surface area contributed by atoms with Crippen LogP contribution in [0.2, 0.25) is 0 Å². The molecule has 0 bridgehead atoms. The van der Waals surface area contributed by atoms with Gasteiger partial charge in [-0.15, -0.1) is 0 Å². The van der Waals surface area contributed by atoms with E-state index in [0.29, 0.717) is 11.8 Å². The molecule has 124 valence electrons. The van der Waals surface area contributed by atoms with Crippen molar-refractivity contribution in [1.82, 2.24) is 5.32 Å². The monoisotopic (exact) mass is 344 g/mol. The van der Waals surface area contributed by atoms with E-state index in [1.165, 1.54) is 22.6 Å². The maximum absolute atomic E-state index is 12.6. The number of benzene rings is 1. The predicted octanol–water partition coefficient (Wildman–Crippen LogP) is 1.31. The van der Waals surface area contributed by atoms with Crippen molar-refractivity contribution in [1.29, 1.82) is 0 Å². The summed E-state index contributed by atoms with van der Waals surface area (Å²) in [5.41, 5.74) is 2.10. The third-order valence-corrected chi connectivity index (χ3v) is 6.29. The first-order valence-electron chi connectivity index (χ1n) is 8.10. The minimum atomic E-state index is -0.427. The van der Waals surface area contributed by atoms with Gasteiger partial charge in [-0.1, -0.05) is 18.7 Å². The number of carbonyl (C=O) groups is 1. The summed E-state index contributed by atoms with van der Waals surface area (Å²) >= 11 is 1.77. The molecule has 0 radical (unpaired) electrons. The molecule has 6 nitrogen and oxygen atoms in total. The maximum Gasteiger partial charge on any atom is 0.319 e. The van der Waals surface area contributed by atoms with Crippen LogP contribution in [0.25, 0.3) is 0 Å². The van der Waals surface area contributed by atoms with Crippen molar-refractivity contribution in [3.8, 4) is 0 Å².